The lowest BCUT2D eigenvalue weighted by atomic mass is 9.97. The van der Waals surface area contributed by atoms with Crippen molar-refractivity contribution in [2.75, 3.05) is 20.3 Å². The average Bonchev–Trinajstić information content (AvgIpc) is 2.84. The molecule has 6 heteroatoms. The summed E-state index contributed by atoms with van der Waals surface area (Å²) in [6, 6.07) is 0.0829. The zero-order valence-corrected chi connectivity index (χ0v) is 8.80. The van der Waals surface area contributed by atoms with Crippen LogP contribution in [-0.4, -0.2) is 47.1 Å². The van der Waals surface area contributed by atoms with Crippen LogP contribution in [0.1, 0.15) is 10.5 Å². The third kappa shape index (κ3) is 1.91. The van der Waals surface area contributed by atoms with Crippen LogP contribution in [0.3, 0.4) is 0 Å². The van der Waals surface area contributed by atoms with E-state index in [9.17, 15) is 4.79 Å². The van der Waals surface area contributed by atoms with Crippen LogP contribution in [-0.2, 0) is 11.8 Å². The highest BCUT2D eigenvalue weighted by atomic mass is 16.5. The molecule has 1 aromatic heterocycles. The third-order valence-corrected chi connectivity index (χ3v) is 2.64. The largest absolute Gasteiger partial charge is 0.379 e. The molecule has 2 unspecified atom stereocenters. The minimum Gasteiger partial charge on any atom is -0.379 e. The minimum atomic E-state index is -0.147. The number of hydrogen-bond acceptors (Lipinski definition) is 5. The summed E-state index contributed by atoms with van der Waals surface area (Å²) in [5.74, 6) is -0.147. The molecule has 6 nitrogen and oxygen atoms in total. The van der Waals surface area contributed by atoms with E-state index in [1.165, 1.54) is 4.68 Å². The van der Waals surface area contributed by atoms with E-state index in [2.05, 4.69) is 15.6 Å². The van der Waals surface area contributed by atoms with Gasteiger partial charge in [0, 0.05) is 13.1 Å². The molecule has 15 heavy (non-hydrogen) atoms. The molecule has 2 heterocycles. The lowest BCUT2D eigenvalue weighted by Gasteiger charge is -2.13. The monoisotopic (exact) mass is 210 g/mol. The molecule has 1 aromatic rings. The molecule has 0 aliphatic carbocycles. The normalized spacial score (nSPS) is 25.7. The molecule has 0 radical (unpaired) electrons. The average molecular weight is 210 g/mol. The van der Waals surface area contributed by atoms with Crippen LogP contribution in [0.15, 0.2) is 6.20 Å². The maximum absolute atomic E-state index is 12.0. The van der Waals surface area contributed by atoms with Crippen LogP contribution in [0.5, 0.6) is 0 Å². The topological polar surface area (TPSA) is 69.0 Å². The van der Waals surface area contributed by atoms with Crippen molar-refractivity contribution < 1.29 is 9.53 Å². The Hall–Kier alpha value is -1.27. The van der Waals surface area contributed by atoms with E-state index in [-0.39, 0.29) is 17.7 Å². The molecule has 1 aliphatic rings. The molecule has 1 saturated heterocycles. The summed E-state index contributed by atoms with van der Waals surface area (Å²) >= 11 is 0. The van der Waals surface area contributed by atoms with Crippen molar-refractivity contribution in [2.24, 2.45) is 13.0 Å². The van der Waals surface area contributed by atoms with Crippen molar-refractivity contribution in [3.8, 4) is 0 Å². The second-order valence-electron chi connectivity index (χ2n) is 3.68. The number of aryl methyl sites for hydroxylation is 1. The van der Waals surface area contributed by atoms with Crippen LogP contribution < -0.4 is 5.32 Å². The fourth-order valence-corrected chi connectivity index (χ4v) is 1.75. The van der Waals surface area contributed by atoms with Crippen molar-refractivity contribution in [1.29, 1.82) is 0 Å². The van der Waals surface area contributed by atoms with Crippen LogP contribution in [0, 0.1) is 5.92 Å². The van der Waals surface area contributed by atoms with Gasteiger partial charge in [0.15, 0.2) is 5.78 Å². The van der Waals surface area contributed by atoms with Crippen molar-refractivity contribution in [1.82, 2.24) is 20.3 Å². The lowest BCUT2D eigenvalue weighted by molar-refractivity contribution is 0.0887. The molecule has 0 saturated carbocycles. The van der Waals surface area contributed by atoms with Gasteiger partial charge in [-0.25, -0.2) is 0 Å². The molecular weight excluding hydrogens is 196 g/mol. The molecule has 0 bridgehead atoms. The fourth-order valence-electron chi connectivity index (χ4n) is 1.75. The van der Waals surface area contributed by atoms with Crippen LogP contribution >= 0.6 is 0 Å². The first-order valence-electron chi connectivity index (χ1n) is 4.88. The van der Waals surface area contributed by atoms with Gasteiger partial charge >= 0.3 is 0 Å². The summed E-state index contributed by atoms with van der Waals surface area (Å²) in [6.07, 6.45) is 1.63. The number of rotatable bonds is 3. The molecule has 82 valence electrons. The number of hydrogen-bond donors (Lipinski definition) is 1. The quantitative estimate of drug-likeness (QED) is 0.664. The van der Waals surface area contributed by atoms with Gasteiger partial charge < -0.3 is 10.1 Å². The number of likely N-dealkylation sites (N-methyl/N-ethyl adjacent to an activating group) is 1. The number of aromatic nitrogens is 3. The Morgan fingerprint density at radius 1 is 1.67 bits per heavy atom. The summed E-state index contributed by atoms with van der Waals surface area (Å²) in [6.45, 7) is 1.04. The highest BCUT2D eigenvalue weighted by Crippen LogP contribution is 2.17. The first kappa shape index (κ1) is 10.3. The van der Waals surface area contributed by atoms with Crippen LogP contribution in [0.4, 0.5) is 0 Å². The number of nitrogens with zero attached hydrogens (tertiary/aromatic N) is 3. The van der Waals surface area contributed by atoms with E-state index < -0.39 is 0 Å². The van der Waals surface area contributed by atoms with E-state index in [1.54, 1.807) is 13.2 Å². The predicted octanol–water partition coefficient (Wildman–Crippen LogP) is -0.768. The van der Waals surface area contributed by atoms with Gasteiger partial charge in [-0.1, -0.05) is 5.21 Å². The zero-order valence-electron chi connectivity index (χ0n) is 8.80. The van der Waals surface area contributed by atoms with Crippen molar-refractivity contribution in [3.05, 3.63) is 11.9 Å². The van der Waals surface area contributed by atoms with E-state index >= 15 is 0 Å². The maximum Gasteiger partial charge on any atom is 0.191 e. The van der Waals surface area contributed by atoms with Gasteiger partial charge in [-0.3, -0.25) is 9.48 Å². The number of carbonyl (C=O) groups is 1. The van der Waals surface area contributed by atoms with E-state index in [0.29, 0.717) is 18.9 Å². The Morgan fingerprint density at radius 3 is 3.07 bits per heavy atom. The number of ether oxygens (including phenoxy) is 1. The molecule has 2 rings (SSSR count). The molecule has 1 aliphatic heterocycles. The van der Waals surface area contributed by atoms with E-state index in [1.807, 2.05) is 7.05 Å². The molecule has 0 amide bonds. The molecule has 0 spiro atoms. The summed E-state index contributed by atoms with van der Waals surface area (Å²) < 4.78 is 6.80. The fraction of sp³-hybridized carbons (Fsp3) is 0.667. The zero-order chi connectivity index (χ0) is 10.8. The van der Waals surface area contributed by atoms with Crippen molar-refractivity contribution in [3.63, 3.8) is 0 Å². The van der Waals surface area contributed by atoms with Crippen molar-refractivity contribution in [2.45, 2.75) is 6.04 Å². The van der Waals surface area contributed by atoms with E-state index in [4.69, 9.17) is 4.74 Å². The van der Waals surface area contributed by atoms with Gasteiger partial charge in [-0.15, -0.1) is 5.10 Å². The number of carbonyl (C=O) groups excluding carboxylic acids is 1. The van der Waals surface area contributed by atoms with Gasteiger partial charge in [0.1, 0.15) is 5.69 Å². The Bertz CT molecular complexity index is 363. The molecule has 0 aromatic carbocycles. The first-order chi connectivity index (χ1) is 7.22. The van der Waals surface area contributed by atoms with Crippen molar-refractivity contribution >= 4 is 5.78 Å². The highest BCUT2D eigenvalue weighted by molar-refractivity contribution is 5.96. The summed E-state index contributed by atoms with van der Waals surface area (Å²) in [5, 5.41) is 10.6. The Balaban J connectivity index is 2.13. The number of Topliss-reactive ketones (excluding diaryl/α,β-unsaturated/α-hetero) is 1. The first-order valence-corrected chi connectivity index (χ1v) is 4.88. The second kappa shape index (κ2) is 4.08. The summed E-state index contributed by atoms with van der Waals surface area (Å²) in [7, 11) is 3.57. The third-order valence-electron chi connectivity index (χ3n) is 2.64. The Kier molecular flexibility index (Phi) is 2.79. The van der Waals surface area contributed by atoms with Crippen LogP contribution in [0.2, 0.25) is 0 Å². The van der Waals surface area contributed by atoms with Gasteiger partial charge in [0.25, 0.3) is 0 Å². The second-order valence-corrected chi connectivity index (χ2v) is 3.68. The molecule has 2 atom stereocenters. The minimum absolute atomic E-state index is 0.0000463. The molecular formula is C9H14N4O2. The Labute approximate surface area is 87.6 Å². The molecule has 1 N–H and O–H groups in total. The maximum atomic E-state index is 12.0. The van der Waals surface area contributed by atoms with E-state index in [0.717, 1.165) is 0 Å². The summed E-state index contributed by atoms with van der Waals surface area (Å²) in [4.78, 5) is 12.0. The molecule has 1 fully saturated rings. The number of nitrogens with one attached hydrogen (secondary N) is 1. The van der Waals surface area contributed by atoms with Crippen LogP contribution in [0.25, 0.3) is 0 Å². The van der Waals surface area contributed by atoms with Gasteiger partial charge in [-0.2, -0.15) is 0 Å². The number of ketones is 1. The summed E-state index contributed by atoms with van der Waals surface area (Å²) in [5.41, 5.74) is 0.410. The lowest BCUT2D eigenvalue weighted by Crippen LogP contribution is -2.37. The van der Waals surface area contributed by atoms with Gasteiger partial charge in [0.2, 0.25) is 0 Å². The standard InChI is InChI=1S/C9H14N4O2/c1-10-8-5-15-4-6(8)9(14)7-3-13(2)12-11-7/h3,6,8,10H,4-5H2,1-2H3. The van der Waals surface area contributed by atoms with Gasteiger partial charge in [-0.05, 0) is 7.05 Å². The smallest absolute Gasteiger partial charge is 0.191 e. The SMILES string of the molecule is CNC1COCC1C(=O)c1cn(C)nn1. The highest BCUT2D eigenvalue weighted by Gasteiger charge is 2.34. The Morgan fingerprint density at radius 2 is 2.47 bits per heavy atom. The van der Waals surface area contributed by atoms with Gasteiger partial charge in [0.05, 0.1) is 25.3 Å². The predicted molar refractivity (Wildman–Crippen MR) is 52.5 cm³/mol.